The predicted molar refractivity (Wildman–Crippen MR) is 54.1 cm³/mol. The van der Waals surface area contributed by atoms with Gasteiger partial charge in [0.25, 0.3) is 0 Å². The van der Waals surface area contributed by atoms with Gasteiger partial charge in [0.2, 0.25) is 20.0 Å². The molecular weight excluding hydrogens is 240 g/mol. The fraction of sp³-hybridized carbons (Fsp3) is 0.143. The maximum Gasteiger partial charge on any atom is 0.240 e. The van der Waals surface area contributed by atoms with Crippen molar-refractivity contribution < 1.29 is 16.8 Å². The molecule has 0 atom stereocenters. The lowest BCUT2D eigenvalue weighted by Crippen LogP contribution is -2.19. The molecule has 0 heterocycles. The Morgan fingerprint density at radius 2 is 1.40 bits per heavy atom. The van der Waals surface area contributed by atoms with Crippen molar-refractivity contribution >= 4 is 20.0 Å². The van der Waals surface area contributed by atoms with Crippen molar-refractivity contribution in [3.8, 4) is 0 Å². The van der Waals surface area contributed by atoms with Gasteiger partial charge in [-0.3, -0.25) is 0 Å². The Bertz CT molecular complexity index is 545. The summed E-state index contributed by atoms with van der Waals surface area (Å²) >= 11 is 0. The zero-order chi connectivity index (χ0) is 11.7. The summed E-state index contributed by atoms with van der Waals surface area (Å²) in [6, 6.07) is 4.62. The second-order valence-corrected chi connectivity index (χ2v) is 6.17. The molecule has 0 saturated heterocycles. The summed E-state index contributed by atoms with van der Waals surface area (Å²) in [6.07, 6.45) is 0. The first-order valence-electron chi connectivity index (χ1n) is 3.84. The molecule has 1 rings (SSSR count). The standard InChI is InChI=1S/C7H10N2O4S2/c1-9-15(12,13)7-4-2-6(3-5-7)14(8,10)11/h2-5,9H,1H3,(H2,8,10,11). The molecule has 0 bridgehead atoms. The van der Waals surface area contributed by atoms with E-state index in [2.05, 4.69) is 4.72 Å². The molecule has 8 heteroatoms. The molecule has 0 aliphatic carbocycles. The Kier molecular flexibility index (Phi) is 3.14. The molecule has 3 N–H and O–H groups in total. The highest BCUT2D eigenvalue weighted by molar-refractivity contribution is 7.89. The van der Waals surface area contributed by atoms with Gasteiger partial charge < -0.3 is 0 Å². The topological polar surface area (TPSA) is 106 Å². The molecule has 0 saturated carbocycles. The number of hydrogen-bond donors (Lipinski definition) is 2. The maximum absolute atomic E-state index is 11.3. The number of benzene rings is 1. The van der Waals surface area contributed by atoms with Crippen LogP contribution in [0.3, 0.4) is 0 Å². The molecule has 1 aromatic rings. The minimum Gasteiger partial charge on any atom is -0.225 e. The number of nitrogens with one attached hydrogen (secondary N) is 1. The highest BCUT2D eigenvalue weighted by Crippen LogP contribution is 2.12. The monoisotopic (exact) mass is 250 g/mol. The third kappa shape index (κ3) is 2.75. The molecule has 84 valence electrons. The Labute approximate surface area is 88.2 Å². The van der Waals surface area contributed by atoms with Gasteiger partial charge in [-0.2, -0.15) is 0 Å². The number of nitrogens with two attached hydrogens (primary N) is 1. The number of rotatable bonds is 3. The van der Waals surface area contributed by atoms with E-state index < -0.39 is 20.0 Å². The van der Waals surface area contributed by atoms with Crippen molar-refractivity contribution in [1.82, 2.24) is 4.72 Å². The quantitative estimate of drug-likeness (QED) is 0.735. The average Bonchev–Trinajstić information content (AvgIpc) is 2.17. The van der Waals surface area contributed by atoms with Gasteiger partial charge in [-0.1, -0.05) is 0 Å². The van der Waals surface area contributed by atoms with Crippen molar-refractivity contribution in [3.63, 3.8) is 0 Å². The van der Waals surface area contributed by atoms with Gasteiger partial charge in [0.1, 0.15) is 0 Å². The largest absolute Gasteiger partial charge is 0.240 e. The summed E-state index contributed by atoms with van der Waals surface area (Å²) in [6.45, 7) is 0. The second kappa shape index (κ2) is 3.89. The van der Waals surface area contributed by atoms with Crippen LogP contribution in [0, 0.1) is 0 Å². The van der Waals surface area contributed by atoms with Crippen LogP contribution in [0.25, 0.3) is 0 Å². The smallest absolute Gasteiger partial charge is 0.225 e. The molecule has 0 fully saturated rings. The molecule has 0 aromatic heterocycles. The lowest BCUT2D eigenvalue weighted by molar-refractivity contribution is 0.587. The van der Waals surface area contributed by atoms with Crippen LogP contribution in [0.4, 0.5) is 0 Å². The van der Waals surface area contributed by atoms with Gasteiger partial charge in [-0.15, -0.1) is 0 Å². The van der Waals surface area contributed by atoms with Crippen LogP contribution in [0.5, 0.6) is 0 Å². The summed E-state index contributed by atoms with van der Waals surface area (Å²) in [5.74, 6) is 0. The van der Waals surface area contributed by atoms with Crippen molar-refractivity contribution in [2.75, 3.05) is 7.05 Å². The lowest BCUT2D eigenvalue weighted by atomic mass is 10.4. The normalized spacial score (nSPS) is 12.7. The van der Waals surface area contributed by atoms with Crippen molar-refractivity contribution in [3.05, 3.63) is 24.3 Å². The summed E-state index contributed by atoms with van der Waals surface area (Å²) in [5.41, 5.74) is 0. The van der Waals surface area contributed by atoms with E-state index in [1.165, 1.54) is 19.2 Å². The average molecular weight is 250 g/mol. The second-order valence-electron chi connectivity index (χ2n) is 2.72. The van der Waals surface area contributed by atoms with E-state index >= 15 is 0 Å². The Hall–Kier alpha value is -0.960. The Morgan fingerprint density at radius 1 is 1.00 bits per heavy atom. The molecule has 6 nitrogen and oxygen atoms in total. The molecule has 0 aliphatic rings. The summed E-state index contributed by atoms with van der Waals surface area (Å²) in [7, 11) is -6.07. The fourth-order valence-electron chi connectivity index (χ4n) is 0.926. The zero-order valence-electron chi connectivity index (χ0n) is 7.84. The van der Waals surface area contributed by atoms with Crippen LogP contribution in [-0.4, -0.2) is 23.9 Å². The van der Waals surface area contributed by atoms with E-state index in [1.54, 1.807) is 0 Å². The first-order valence-corrected chi connectivity index (χ1v) is 6.87. The predicted octanol–water partition coefficient (Wildman–Crippen LogP) is -0.758. The first kappa shape index (κ1) is 12.1. The van der Waals surface area contributed by atoms with Gasteiger partial charge in [-0.05, 0) is 31.3 Å². The van der Waals surface area contributed by atoms with Gasteiger partial charge >= 0.3 is 0 Å². The van der Waals surface area contributed by atoms with E-state index in [1.807, 2.05) is 0 Å². The first-order chi connectivity index (χ1) is 6.77. The van der Waals surface area contributed by atoms with Crippen LogP contribution >= 0.6 is 0 Å². The van der Waals surface area contributed by atoms with Crippen LogP contribution < -0.4 is 9.86 Å². The SMILES string of the molecule is CNS(=O)(=O)c1ccc(S(N)(=O)=O)cc1. The van der Waals surface area contributed by atoms with Crippen molar-refractivity contribution in [2.24, 2.45) is 5.14 Å². The molecule has 1 aromatic carbocycles. The van der Waals surface area contributed by atoms with E-state index in [9.17, 15) is 16.8 Å². The molecule has 0 amide bonds. The third-order valence-electron chi connectivity index (χ3n) is 1.73. The van der Waals surface area contributed by atoms with Crippen LogP contribution in [0.1, 0.15) is 0 Å². The summed E-state index contributed by atoms with van der Waals surface area (Å²) in [4.78, 5) is -0.144. The molecule has 0 spiro atoms. The van der Waals surface area contributed by atoms with Gasteiger partial charge in [0, 0.05) is 0 Å². The third-order valence-corrected chi connectivity index (χ3v) is 4.09. The van der Waals surface area contributed by atoms with Crippen molar-refractivity contribution in [2.45, 2.75) is 9.79 Å². The highest BCUT2D eigenvalue weighted by atomic mass is 32.2. The minimum atomic E-state index is -3.79. The minimum absolute atomic E-state index is 0.0163. The van der Waals surface area contributed by atoms with Crippen LogP contribution in [-0.2, 0) is 20.0 Å². The van der Waals surface area contributed by atoms with E-state index in [4.69, 9.17) is 5.14 Å². The summed E-state index contributed by atoms with van der Waals surface area (Å²) in [5, 5.41) is 4.86. The van der Waals surface area contributed by atoms with Gasteiger partial charge in [0.15, 0.2) is 0 Å². The van der Waals surface area contributed by atoms with E-state index in [0.29, 0.717) is 0 Å². The van der Waals surface area contributed by atoms with Gasteiger partial charge in [0.05, 0.1) is 9.79 Å². The number of hydrogen-bond acceptors (Lipinski definition) is 4. The lowest BCUT2D eigenvalue weighted by Gasteiger charge is -2.02. The Morgan fingerprint density at radius 3 is 1.73 bits per heavy atom. The zero-order valence-corrected chi connectivity index (χ0v) is 9.47. The molecular formula is C7H10N2O4S2. The molecule has 0 radical (unpaired) electrons. The fourth-order valence-corrected chi connectivity index (χ4v) is 2.17. The summed E-state index contributed by atoms with van der Waals surface area (Å²) < 4.78 is 46.4. The maximum atomic E-state index is 11.3. The number of primary sulfonamides is 1. The van der Waals surface area contributed by atoms with Crippen LogP contribution in [0.2, 0.25) is 0 Å². The van der Waals surface area contributed by atoms with Crippen molar-refractivity contribution in [1.29, 1.82) is 0 Å². The van der Waals surface area contributed by atoms with E-state index in [-0.39, 0.29) is 9.79 Å². The number of sulfonamides is 2. The molecule has 0 aliphatic heterocycles. The molecule has 0 unspecified atom stereocenters. The van der Waals surface area contributed by atoms with E-state index in [0.717, 1.165) is 12.1 Å². The van der Waals surface area contributed by atoms with Gasteiger partial charge in [-0.25, -0.2) is 26.7 Å². The highest BCUT2D eigenvalue weighted by Gasteiger charge is 2.13. The molecule has 15 heavy (non-hydrogen) atoms. The Balaban J connectivity index is 3.24. The van der Waals surface area contributed by atoms with Crippen LogP contribution in [0.15, 0.2) is 34.1 Å².